The molecule has 0 saturated carbocycles. The third kappa shape index (κ3) is 8.29. The Morgan fingerprint density at radius 3 is 2.29 bits per heavy atom. The summed E-state index contributed by atoms with van der Waals surface area (Å²) in [6.07, 6.45) is 3.15. The van der Waals surface area contributed by atoms with Gasteiger partial charge in [-0.2, -0.15) is 0 Å². The molecule has 0 fully saturated rings. The second-order valence-electron chi connectivity index (χ2n) is 5.79. The largest absolute Gasteiger partial charge is 0.497 e. The Morgan fingerprint density at radius 1 is 1.04 bits per heavy atom. The highest BCUT2D eigenvalue weighted by atomic mass is 16.5. The fourth-order valence-corrected chi connectivity index (χ4v) is 2.42. The lowest BCUT2D eigenvalue weighted by Gasteiger charge is -2.23. The van der Waals surface area contributed by atoms with Crippen LogP contribution < -0.4 is 21.5 Å². The maximum atomic E-state index is 12.6. The molecule has 136 valence electrons. The second kappa shape index (κ2) is 12.8. The molecule has 0 atom stereocenters. The van der Waals surface area contributed by atoms with Gasteiger partial charge in [-0.3, -0.25) is 4.79 Å². The number of carbonyl (C=O) groups is 1. The van der Waals surface area contributed by atoms with Gasteiger partial charge in [-0.15, -0.1) is 0 Å². The molecule has 1 aromatic rings. The van der Waals surface area contributed by atoms with Gasteiger partial charge in [-0.05, 0) is 63.1 Å². The lowest BCUT2D eigenvalue weighted by Crippen LogP contribution is -2.36. The fraction of sp³-hybridized carbons (Fsp3) is 0.611. The standard InChI is InChI=1S/C18H32N4O2/c1-24-17-7-5-16(6-8-17)15-18(23)22(13-3-10-20)14-4-12-21-11-2-9-19/h5-8,21H,2-4,9-15,19-20H2,1H3. The minimum atomic E-state index is 0.149. The SMILES string of the molecule is COc1ccc(CC(=O)N(CCCN)CCCNCCCN)cc1. The highest BCUT2D eigenvalue weighted by molar-refractivity contribution is 5.78. The van der Waals surface area contributed by atoms with Crippen LogP contribution in [0.15, 0.2) is 24.3 Å². The van der Waals surface area contributed by atoms with Gasteiger partial charge in [0.05, 0.1) is 13.5 Å². The van der Waals surface area contributed by atoms with Gasteiger partial charge in [0.25, 0.3) is 0 Å². The van der Waals surface area contributed by atoms with Crippen molar-refractivity contribution in [3.63, 3.8) is 0 Å². The molecule has 0 bridgehead atoms. The van der Waals surface area contributed by atoms with Crippen LogP contribution in [-0.2, 0) is 11.2 Å². The number of amides is 1. The summed E-state index contributed by atoms with van der Waals surface area (Å²) in [4.78, 5) is 14.5. The zero-order chi connectivity index (χ0) is 17.6. The van der Waals surface area contributed by atoms with E-state index in [1.165, 1.54) is 0 Å². The van der Waals surface area contributed by atoms with Gasteiger partial charge in [0.2, 0.25) is 5.91 Å². The molecule has 0 unspecified atom stereocenters. The fourth-order valence-electron chi connectivity index (χ4n) is 2.42. The Balaban J connectivity index is 2.44. The van der Waals surface area contributed by atoms with Crippen molar-refractivity contribution < 1.29 is 9.53 Å². The zero-order valence-electron chi connectivity index (χ0n) is 14.8. The molecule has 0 aromatic heterocycles. The lowest BCUT2D eigenvalue weighted by molar-refractivity contribution is -0.130. The first-order valence-corrected chi connectivity index (χ1v) is 8.72. The molecule has 0 aliphatic heterocycles. The number of methoxy groups -OCH3 is 1. The van der Waals surface area contributed by atoms with Crippen molar-refractivity contribution in [3.05, 3.63) is 29.8 Å². The number of nitrogens with two attached hydrogens (primary N) is 2. The van der Waals surface area contributed by atoms with Crippen molar-refractivity contribution in [2.24, 2.45) is 11.5 Å². The Labute approximate surface area is 145 Å². The number of nitrogens with zero attached hydrogens (tertiary/aromatic N) is 1. The van der Waals surface area contributed by atoms with E-state index >= 15 is 0 Å². The van der Waals surface area contributed by atoms with Crippen LogP contribution in [0.5, 0.6) is 5.75 Å². The van der Waals surface area contributed by atoms with Gasteiger partial charge in [0, 0.05) is 13.1 Å². The molecule has 6 nitrogen and oxygen atoms in total. The normalized spacial score (nSPS) is 10.6. The van der Waals surface area contributed by atoms with Crippen LogP contribution in [0.1, 0.15) is 24.8 Å². The first-order valence-electron chi connectivity index (χ1n) is 8.72. The predicted molar refractivity (Wildman–Crippen MR) is 98.1 cm³/mol. The Kier molecular flexibility index (Phi) is 10.8. The number of benzene rings is 1. The number of hydrogen-bond donors (Lipinski definition) is 3. The van der Waals surface area contributed by atoms with Crippen LogP contribution in [0.2, 0.25) is 0 Å². The van der Waals surface area contributed by atoms with E-state index in [1.807, 2.05) is 29.2 Å². The Hall–Kier alpha value is -1.63. The minimum absolute atomic E-state index is 0.149. The van der Waals surface area contributed by atoms with Crippen LogP contribution in [0.25, 0.3) is 0 Å². The molecule has 0 heterocycles. The van der Waals surface area contributed by atoms with Crippen LogP contribution in [0.4, 0.5) is 0 Å². The summed E-state index contributed by atoms with van der Waals surface area (Å²) in [5.41, 5.74) is 12.1. The summed E-state index contributed by atoms with van der Waals surface area (Å²) in [5, 5.41) is 3.34. The molecule has 1 rings (SSSR count). The number of carbonyl (C=O) groups excluding carboxylic acids is 1. The van der Waals surface area contributed by atoms with Gasteiger partial charge in [-0.25, -0.2) is 0 Å². The van der Waals surface area contributed by atoms with E-state index in [1.54, 1.807) is 7.11 Å². The molecule has 1 aromatic carbocycles. The summed E-state index contributed by atoms with van der Waals surface area (Å²) in [6.45, 7) is 4.60. The van der Waals surface area contributed by atoms with Crippen molar-refractivity contribution in [1.29, 1.82) is 0 Å². The molecule has 0 aliphatic carbocycles. The van der Waals surface area contributed by atoms with Crippen LogP contribution in [-0.4, -0.2) is 57.2 Å². The number of rotatable bonds is 13. The van der Waals surface area contributed by atoms with E-state index in [-0.39, 0.29) is 5.91 Å². The van der Waals surface area contributed by atoms with Crippen LogP contribution >= 0.6 is 0 Å². The molecule has 6 heteroatoms. The summed E-state index contributed by atoms with van der Waals surface area (Å²) in [6, 6.07) is 7.64. The molecule has 0 spiro atoms. The van der Waals surface area contributed by atoms with Crippen molar-refractivity contribution in [2.75, 3.05) is 46.4 Å². The first-order chi connectivity index (χ1) is 11.7. The van der Waals surface area contributed by atoms with Crippen molar-refractivity contribution in [2.45, 2.75) is 25.7 Å². The monoisotopic (exact) mass is 336 g/mol. The average Bonchev–Trinajstić information content (AvgIpc) is 2.61. The van der Waals surface area contributed by atoms with Crippen molar-refractivity contribution in [1.82, 2.24) is 10.2 Å². The van der Waals surface area contributed by atoms with Gasteiger partial charge < -0.3 is 26.4 Å². The quantitative estimate of drug-likeness (QED) is 0.462. The number of hydrogen-bond acceptors (Lipinski definition) is 5. The zero-order valence-corrected chi connectivity index (χ0v) is 14.8. The van der Waals surface area contributed by atoms with Crippen molar-refractivity contribution >= 4 is 5.91 Å². The summed E-state index contributed by atoms with van der Waals surface area (Å²) < 4.78 is 5.14. The third-order valence-electron chi connectivity index (χ3n) is 3.84. The van der Waals surface area contributed by atoms with Crippen LogP contribution in [0, 0.1) is 0 Å². The van der Waals surface area contributed by atoms with Gasteiger partial charge in [-0.1, -0.05) is 12.1 Å². The van der Waals surface area contributed by atoms with E-state index < -0.39 is 0 Å². The van der Waals surface area contributed by atoms with Crippen molar-refractivity contribution in [3.8, 4) is 5.75 Å². The predicted octanol–water partition coefficient (Wildman–Crippen LogP) is 0.744. The van der Waals surface area contributed by atoms with Crippen LogP contribution in [0.3, 0.4) is 0 Å². The van der Waals surface area contributed by atoms with Gasteiger partial charge in [0.15, 0.2) is 0 Å². The van der Waals surface area contributed by atoms with E-state index in [0.717, 1.165) is 50.2 Å². The highest BCUT2D eigenvalue weighted by Gasteiger charge is 2.13. The lowest BCUT2D eigenvalue weighted by atomic mass is 10.1. The second-order valence-corrected chi connectivity index (χ2v) is 5.79. The number of nitrogens with one attached hydrogen (secondary N) is 1. The number of ether oxygens (including phenoxy) is 1. The minimum Gasteiger partial charge on any atom is -0.497 e. The summed E-state index contributed by atoms with van der Waals surface area (Å²) >= 11 is 0. The average molecular weight is 336 g/mol. The molecule has 0 radical (unpaired) electrons. The third-order valence-corrected chi connectivity index (χ3v) is 3.84. The van der Waals surface area contributed by atoms with Gasteiger partial charge in [0.1, 0.15) is 5.75 Å². The highest BCUT2D eigenvalue weighted by Crippen LogP contribution is 2.12. The molecular formula is C18H32N4O2. The molecule has 0 aliphatic rings. The topological polar surface area (TPSA) is 93.6 Å². The summed E-state index contributed by atoms with van der Waals surface area (Å²) in [5.74, 6) is 0.949. The summed E-state index contributed by atoms with van der Waals surface area (Å²) in [7, 11) is 1.64. The molecule has 1 amide bonds. The molecule has 24 heavy (non-hydrogen) atoms. The smallest absolute Gasteiger partial charge is 0.226 e. The van der Waals surface area contributed by atoms with E-state index in [0.29, 0.717) is 26.1 Å². The van der Waals surface area contributed by atoms with Gasteiger partial charge >= 0.3 is 0 Å². The molecule has 5 N–H and O–H groups in total. The van der Waals surface area contributed by atoms with E-state index in [4.69, 9.17) is 16.2 Å². The Bertz CT molecular complexity index is 451. The maximum absolute atomic E-state index is 12.6. The van der Waals surface area contributed by atoms with E-state index in [9.17, 15) is 4.79 Å². The Morgan fingerprint density at radius 2 is 1.67 bits per heavy atom. The molecular weight excluding hydrogens is 304 g/mol. The first kappa shape index (κ1) is 20.4. The van der Waals surface area contributed by atoms with E-state index in [2.05, 4.69) is 5.32 Å². The molecule has 0 saturated heterocycles. The maximum Gasteiger partial charge on any atom is 0.226 e.